The van der Waals surface area contributed by atoms with Gasteiger partial charge in [-0.05, 0) is 26.8 Å². The normalized spacial score (nSPS) is 35.0. The molecule has 0 spiro atoms. The first kappa shape index (κ1) is 19.1. The van der Waals surface area contributed by atoms with Gasteiger partial charge in [-0.15, -0.1) is 0 Å². The molecule has 7 heteroatoms. The third-order valence-electron chi connectivity index (χ3n) is 5.24. The van der Waals surface area contributed by atoms with Crippen LogP contribution < -0.4 is 0 Å². The van der Waals surface area contributed by atoms with E-state index in [9.17, 15) is 19.5 Å². The number of fused-ring (bicyclic) bond motifs is 3. The summed E-state index contributed by atoms with van der Waals surface area (Å²) in [7, 11) is 0. The van der Waals surface area contributed by atoms with Gasteiger partial charge < -0.3 is 19.3 Å². The molecule has 0 radical (unpaired) electrons. The average molecular weight is 374 g/mol. The van der Waals surface area contributed by atoms with Gasteiger partial charge in [0.05, 0.1) is 12.5 Å². The Morgan fingerprint density at radius 3 is 2.81 bits per heavy atom. The molecular formula is C20H22O7. The summed E-state index contributed by atoms with van der Waals surface area (Å²) >= 11 is 0. The van der Waals surface area contributed by atoms with Crippen molar-refractivity contribution in [2.24, 2.45) is 5.92 Å². The average Bonchev–Trinajstić information content (AvgIpc) is 3.08. The van der Waals surface area contributed by atoms with Gasteiger partial charge in [0, 0.05) is 29.2 Å². The molecule has 1 fully saturated rings. The molecule has 7 nitrogen and oxygen atoms in total. The quantitative estimate of drug-likeness (QED) is 0.591. The highest BCUT2D eigenvalue weighted by molar-refractivity contribution is 6.00. The van der Waals surface area contributed by atoms with Crippen molar-refractivity contribution in [3.63, 3.8) is 0 Å². The Hall–Kier alpha value is -2.67. The molecule has 0 saturated carbocycles. The first-order chi connectivity index (χ1) is 12.7. The lowest BCUT2D eigenvalue weighted by atomic mass is 9.82. The number of carbonyl (C=O) groups is 3. The number of rotatable bonds is 3. The largest absolute Gasteiger partial charge is 0.479 e. The van der Waals surface area contributed by atoms with Gasteiger partial charge in [0.15, 0.2) is 5.60 Å². The number of hydrogen-bond acceptors (Lipinski definition) is 7. The molecule has 0 amide bonds. The predicted octanol–water partition coefficient (Wildman–Crippen LogP) is 1.53. The van der Waals surface area contributed by atoms with E-state index in [1.807, 2.05) is 0 Å². The monoisotopic (exact) mass is 374 g/mol. The number of allylic oxidation sites excluding steroid dienone is 1. The second kappa shape index (κ2) is 6.81. The van der Waals surface area contributed by atoms with E-state index in [-0.39, 0.29) is 23.5 Å². The van der Waals surface area contributed by atoms with Gasteiger partial charge in [0.25, 0.3) is 0 Å². The molecule has 0 aliphatic carbocycles. The topological polar surface area (TPSA) is 99.1 Å². The second-order valence-corrected chi connectivity index (χ2v) is 7.10. The van der Waals surface area contributed by atoms with E-state index >= 15 is 0 Å². The molecule has 0 aromatic heterocycles. The highest BCUT2D eigenvalue weighted by Crippen LogP contribution is 2.42. The molecule has 3 aliphatic rings. The van der Waals surface area contributed by atoms with E-state index in [0.717, 1.165) is 0 Å². The number of esters is 2. The van der Waals surface area contributed by atoms with Gasteiger partial charge in [-0.25, -0.2) is 9.59 Å². The van der Waals surface area contributed by atoms with Crippen molar-refractivity contribution in [2.45, 2.75) is 45.0 Å². The molecule has 144 valence electrons. The van der Waals surface area contributed by atoms with Crippen molar-refractivity contribution >= 4 is 17.7 Å². The highest BCUT2D eigenvalue weighted by atomic mass is 16.6. The zero-order chi connectivity index (χ0) is 19.9. The maximum atomic E-state index is 12.5. The summed E-state index contributed by atoms with van der Waals surface area (Å²) in [6.07, 6.45) is 2.83. The first-order valence-corrected chi connectivity index (χ1v) is 8.71. The van der Waals surface area contributed by atoms with Crippen LogP contribution in [0.15, 0.2) is 47.3 Å². The van der Waals surface area contributed by atoms with Gasteiger partial charge in [0.2, 0.25) is 5.78 Å². The molecule has 3 heterocycles. The lowest BCUT2D eigenvalue weighted by molar-refractivity contribution is -0.153. The van der Waals surface area contributed by atoms with Crippen LogP contribution in [-0.2, 0) is 28.6 Å². The summed E-state index contributed by atoms with van der Waals surface area (Å²) in [5.74, 6) is -1.90. The van der Waals surface area contributed by atoms with Gasteiger partial charge in [-0.1, -0.05) is 12.7 Å². The van der Waals surface area contributed by atoms with Gasteiger partial charge in [-0.2, -0.15) is 0 Å². The fourth-order valence-corrected chi connectivity index (χ4v) is 3.46. The number of aliphatic hydroxyl groups is 1. The van der Waals surface area contributed by atoms with Crippen molar-refractivity contribution < 1.29 is 33.7 Å². The van der Waals surface area contributed by atoms with E-state index in [2.05, 4.69) is 6.58 Å². The molecule has 0 unspecified atom stereocenters. The van der Waals surface area contributed by atoms with Crippen LogP contribution in [0.3, 0.4) is 0 Å². The summed E-state index contributed by atoms with van der Waals surface area (Å²) < 4.78 is 16.8. The fourth-order valence-electron chi connectivity index (χ4n) is 3.46. The Labute approximate surface area is 157 Å². The summed E-state index contributed by atoms with van der Waals surface area (Å²) in [6.45, 7) is 8.31. The molecule has 1 saturated heterocycles. The van der Waals surface area contributed by atoms with E-state index < -0.39 is 42.3 Å². The smallest absolute Gasteiger partial charge is 0.334 e. The molecule has 27 heavy (non-hydrogen) atoms. The molecule has 0 aromatic rings. The summed E-state index contributed by atoms with van der Waals surface area (Å²) in [5, 5.41) is 9.70. The maximum Gasteiger partial charge on any atom is 0.334 e. The molecule has 1 N–H and O–H groups in total. The van der Waals surface area contributed by atoms with Crippen LogP contribution in [0.1, 0.15) is 27.2 Å². The van der Waals surface area contributed by atoms with Crippen molar-refractivity contribution in [3.05, 3.63) is 47.3 Å². The van der Waals surface area contributed by atoms with Gasteiger partial charge in [0.1, 0.15) is 18.0 Å². The molecule has 2 bridgehead atoms. The van der Waals surface area contributed by atoms with E-state index in [1.165, 1.54) is 12.2 Å². The Bertz CT molecular complexity index is 816. The summed E-state index contributed by atoms with van der Waals surface area (Å²) in [4.78, 5) is 37.0. The second-order valence-electron chi connectivity index (χ2n) is 7.10. The number of aliphatic hydroxyl groups excluding tert-OH is 1. The van der Waals surface area contributed by atoms with Crippen molar-refractivity contribution in [1.82, 2.24) is 0 Å². The SMILES string of the molecule is C=C1C(=O)O[C@H]2/C=C(/CO)C3=CC(=O)[C@](C)(C[C@@H](OC(=O)/C(C)=C/C)[C@@H]12)O3. The predicted molar refractivity (Wildman–Crippen MR) is 94.2 cm³/mol. The molecule has 4 atom stereocenters. The number of carbonyl (C=O) groups excluding carboxylic acids is 3. The maximum absolute atomic E-state index is 12.5. The minimum atomic E-state index is -1.28. The molecular weight excluding hydrogens is 352 g/mol. The van der Waals surface area contributed by atoms with Crippen molar-refractivity contribution in [3.8, 4) is 0 Å². The standard InChI is InChI=1S/C20H22O7/c1-5-10(2)18(23)26-15-8-20(4)16(22)7-13(27-20)12(9-21)6-14-17(15)11(3)19(24)25-14/h5-7,14-15,17,21H,3,8-9H2,1-2,4H3/b10-5+,12-6-/t14-,15+,17-,20-/m0/s1. The van der Waals surface area contributed by atoms with Gasteiger partial charge in [-0.3, -0.25) is 4.79 Å². The Kier molecular flexibility index (Phi) is 4.82. The third-order valence-corrected chi connectivity index (χ3v) is 5.24. The Morgan fingerprint density at radius 2 is 2.19 bits per heavy atom. The number of ketones is 1. The van der Waals surface area contributed by atoms with Crippen molar-refractivity contribution in [1.29, 1.82) is 0 Å². The zero-order valence-corrected chi connectivity index (χ0v) is 15.5. The lowest BCUT2D eigenvalue weighted by Crippen LogP contribution is -2.42. The van der Waals surface area contributed by atoms with Crippen LogP contribution in [0.25, 0.3) is 0 Å². The van der Waals surface area contributed by atoms with Crippen LogP contribution in [0.4, 0.5) is 0 Å². The molecule has 3 rings (SSSR count). The van der Waals surface area contributed by atoms with Crippen LogP contribution in [0.2, 0.25) is 0 Å². The van der Waals surface area contributed by atoms with Crippen LogP contribution in [0.5, 0.6) is 0 Å². The van der Waals surface area contributed by atoms with E-state index in [0.29, 0.717) is 11.1 Å². The fraction of sp³-hybridized carbons (Fsp3) is 0.450. The van der Waals surface area contributed by atoms with Crippen molar-refractivity contribution in [2.75, 3.05) is 6.61 Å². The van der Waals surface area contributed by atoms with Gasteiger partial charge >= 0.3 is 11.9 Å². The first-order valence-electron chi connectivity index (χ1n) is 8.71. The molecule has 0 aromatic carbocycles. The Balaban J connectivity index is 2.07. The summed E-state index contributed by atoms with van der Waals surface area (Å²) in [6, 6.07) is 0. The minimum Gasteiger partial charge on any atom is -0.479 e. The minimum absolute atomic E-state index is 0.0257. The van der Waals surface area contributed by atoms with Crippen LogP contribution in [0, 0.1) is 5.92 Å². The lowest BCUT2D eigenvalue weighted by Gasteiger charge is -2.31. The number of ether oxygens (including phenoxy) is 3. The number of hydrogen-bond donors (Lipinski definition) is 1. The van der Waals surface area contributed by atoms with Crippen LogP contribution in [-0.4, -0.2) is 47.2 Å². The summed E-state index contributed by atoms with van der Waals surface area (Å²) in [5.41, 5.74) is -0.385. The third kappa shape index (κ3) is 3.23. The van der Waals surface area contributed by atoms with E-state index in [1.54, 1.807) is 26.8 Å². The zero-order valence-electron chi connectivity index (χ0n) is 15.5. The van der Waals surface area contributed by atoms with Crippen LogP contribution >= 0.6 is 0 Å². The molecule has 3 aliphatic heterocycles. The van der Waals surface area contributed by atoms with E-state index in [4.69, 9.17) is 14.2 Å². The highest BCUT2D eigenvalue weighted by Gasteiger charge is 2.52. The Morgan fingerprint density at radius 1 is 1.48 bits per heavy atom.